The van der Waals surface area contributed by atoms with Gasteiger partial charge in [-0.3, -0.25) is 15.0 Å². The van der Waals surface area contributed by atoms with Gasteiger partial charge in [-0.05, 0) is 32.8 Å². The molecule has 2 amide bonds. The zero-order chi connectivity index (χ0) is 22.8. The minimum absolute atomic E-state index is 0.00446. The number of nitrogens with two attached hydrogens (primary N) is 1. The number of hydrazine groups is 1. The second-order valence-electron chi connectivity index (χ2n) is 7.21. The molecular weight excluding hydrogens is 413 g/mol. The molecule has 0 aromatic heterocycles. The van der Waals surface area contributed by atoms with Gasteiger partial charge >= 0.3 is 18.1 Å². The smallest absolute Gasteiger partial charge is 0.471 e. The average molecular weight is 436 g/mol. The molecule has 2 rings (SSSR count). The van der Waals surface area contributed by atoms with Crippen LogP contribution in [0, 0.1) is 0 Å². The lowest BCUT2D eigenvalue weighted by Crippen LogP contribution is -2.63. The number of carbonyl (C=O) groups is 4. The highest BCUT2D eigenvalue weighted by atomic mass is 19.4. The second kappa shape index (κ2) is 9.00. The molecule has 0 aromatic rings. The number of esters is 2. The summed E-state index contributed by atoms with van der Waals surface area (Å²) in [6, 6.07) is -2.30. The molecule has 2 unspecified atom stereocenters. The Morgan fingerprint density at radius 2 is 1.77 bits per heavy atom. The molecule has 10 nitrogen and oxygen atoms in total. The van der Waals surface area contributed by atoms with Crippen LogP contribution < -0.4 is 16.5 Å². The summed E-state index contributed by atoms with van der Waals surface area (Å²) in [6.45, 7) is 4.93. The molecule has 0 saturated carbocycles. The number of nitrogens with zero attached hydrogens (tertiary/aromatic N) is 1. The number of hydrogen-bond donors (Lipinski definition) is 3. The van der Waals surface area contributed by atoms with Gasteiger partial charge < -0.3 is 20.5 Å². The van der Waals surface area contributed by atoms with E-state index < -0.39 is 53.9 Å². The Bertz CT molecular complexity index is 746. The summed E-state index contributed by atoms with van der Waals surface area (Å²) >= 11 is 0. The first-order valence-electron chi connectivity index (χ1n) is 9.14. The summed E-state index contributed by atoms with van der Waals surface area (Å²) in [6.07, 6.45) is -4.45. The van der Waals surface area contributed by atoms with Crippen LogP contribution in [0.3, 0.4) is 0 Å². The fourth-order valence-corrected chi connectivity index (χ4v) is 3.27. The number of amides is 2. The van der Waals surface area contributed by atoms with E-state index in [9.17, 15) is 32.3 Å². The number of ether oxygens (including phenoxy) is 2. The normalized spacial score (nSPS) is 29.4. The van der Waals surface area contributed by atoms with Gasteiger partial charge in [-0.2, -0.15) is 13.2 Å². The van der Waals surface area contributed by atoms with E-state index in [-0.39, 0.29) is 12.1 Å². The Kier molecular flexibility index (Phi) is 7.08. The standard InChI is InChI=1S/C17H23F3N4O6/c1-7-4-5-8(2)24(7)23-14(26)13-12(22-9(3)25)10(21)6-11(29-13)15(27)30-16(28)17(18,19)20/h6-8,10,12-13H,4-5,21H2,1-3H3,(H,22,25)(H,23,26)/t7?,8?,10-,12+,13+/m0/s1. The van der Waals surface area contributed by atoms with Crippen molar-refractivity contribution in [1.29, 1.82) is 0 Å². The number of rotatable bonds is 4. The Balaban J connectivity index is 2.22. The molecule has 13 heteroatoms. The van der Waals surface area contributed by atoms with Crippen LogP contribution in [0.1, 0.15) is 33.6 Å². The first-order valence-corrected chi connectivity index (χ1v) is 9.14. The SMILES string of the molecule is CC(=O)N[C@@H]1[C@@H](N)C=C(C(=O)OC(=O)C(F)(F)F)O[C@H]1C(=O)NN1C(C)CCC1C. The van der Waals surface area contributed by atoms with Crippen molar-refractivity contribution >= 4 is 23.8 Å². The van der Waals surface area contributed by atoms with Crippen LogP contribution in [-0.4, -0.2) is 65.2 Å². The van der Waals surface area contributed by atoms with E-state index in [1.54, 1.807) is 5.01 Å². The monoisotopic (exact) mass is 436 g/mol. The zero-order valence-corrected chi connectivity index (χ0v) is 16.5. The molecule has 4 N–H and O–H groups in total. The van der Waals surface area contributed by atoms with Gasteiger partial charge in [-0.1, -0.05) is 0 Å². The van der Waals surface area contributed by atoms with E-state index in [1.165, 1.54) is 6.92 Å². The predicted molar refractivity (Wildman–Crippen MR) is 93.8 cm³/mol. The number of hydrogen-bond acceptors (Lipinski definition) is 8. The molecule has 2 heterocycles. The highest BCUT2D eigenvalue weighted by Gasteiger charge is 2.46. The summed E-state index contributed by atoms with van der Waals surface area (Å²) in [5.74, 6) is -6.66. The third-order valence-electron chi connectivity index (χ3n) is 4.78. The third kappa shape index (κ3) is 5.48. The van der Waals surface area contributed by atoms with Crippen molar-refractivity contribution in [3.8, 4) is 0 Å². The van der Waals surface area contributed by atoms with Crippen LogP contribution in [0.25, 0.3) is 0 Å². The Morgan fingerprint density at radius 1 is 1.20 bits per heavy atom. The van der Waals surface area contributed by atoms with Gasteiger partial charge in [0.2, 0.25) is 17.8 Å². The van der Waals surface area contributed by atoms with Crippen molar-refractivity contribution in [2.45, 2.75) is 70.1 Å². The molecule has 1 saturated heterocycles. The zero-order valence-electron chi connectivity index (χ0n) is 16.5. The van der Waals surface area contributed by atoms with Crippen molar-refractivity contribution < 1.29 is 41.8 Å². The Labute approximate surface area is 169 Å². The predicted octanol–water partition coefficient (Wildman–Crippen LogP) is -0.363. The number of nitrogens with one attached hydrogen (secondary N) is 2. The van der Waals surface area contributed by atoms with E-state index in [2.05, 4.69) is 15.5 Å². The molecule has 0 aliphatic carbocycles. The third-order valence-corrected chi connectivity index (χ3v) is 4.78. The quantitative estimate of drug-likeness (QED) is 0.401. The molecular formula is C17H23F3N4O6. The van der Waals surface area contributed by atoms with Crippen molar-refractivity contribution in [2.75, 3.05) is 0 Å². The van der Waals surface area contributed by atoms with Gasteiger partial charge in [0, 0.05) is 19.0 Å². The lowest BCUT2D eigenvalue weighted by atomic mass is 9.98. The van der Waals surface area contributed by atoms with Crippen molar-refractivity contribution in [3.05, 3.63) is 11.8 Å². The van der Waals surface area contributed by atoms with Crippen LogP contribution in [0.4, 0.5) is 13.2 Å². The largest absolute Gasteiger partial charge is 0.491 e. The lowest BCUT2D eigenvalue weighted by molar-refractivity contribution is -0.202. The Hall–Kier alpha value is -2.67. The van der Waals surface area contributed by atoms with Crippen LogP contribution in [0.5, 0.6) is 0 Å². The minimum Gasteiger partial charge on any atom is -0.471 e. The van der Waals surface area contributed by atoms with E-state index in [0.717, 1.165) is 18.9 Å². The first kappa shape index (κ1) is 23.6. The molecule has 0 bridgehead atoms. The van der Waals surface area contributed by atoms with Gasteiger partial charge in [-0.15, -0.1) is 0 Å². The maximum Gasteiger partial charge on any atom is 0.491 e. The molecule has 0 aromatic carbocycles. The summed E-state index contributed by atoms with van der Waals surface area (Å²) in [7, 11) is 0. The van der Waals surface area contributed by atoms with Crippen molar-refractivity contribution in [1.82, 2.24) is 15.8 Å². The maximum atomic E-state index is 12.8. The minimum atomic E-state index is -5.40. The fraction of sp³-hybridized carbons (Fsp3) is 0.647. The van der Waals surface area contributed by atoms with Gasteiger partial charge in [-0.25, -0.2) is 14.6 Å². The van der Waals surface area contributed by atoms with E-state index in [0.29, 0.717) is 0 Å². The highest BCUT2D eigenvalue weighted by Crippen LogP contribution is 2.24. The van der Waals surface area contributed by atoms with Gasteiger partial charge in [0.05, 0.1) is 12.1 Å². The molecule has 30 heavy (non-hydrogen) atoms. The summed E-state index contributed by atoms with van der Waals surface area (Å²) in [4.78, 5) is 47.1. The highest BCUT2D eigenvalue weighted by molar-refractivity contribution is 5.97. The molecule has 168 valence electrons. The Morgan fingerprint density at radius 3 is 2.27 bits per heavy atom. The molecule has 2 aliphatic heterocycles. The maximum absolute atomic E-state index is 12.8. The first-order chi connectivity index (χ1) is 13.8. The molecule has 5 atom stereocenters. The second-order valence-corrected chi connectivity index (χ2v) is 7.21. The molecule has 2 aliphatic rings. The molecule has 1 fully saturated rings. The molecule has 0 spiro atoms. The van der Waals surface area contributed by atoms with Gasteiger partial charge in [0.25, 0.3) is 5.91 Å². The number of halogens is 3. The van der Waals surface area contributed by atoms with E-state index in [1.807, 2.05) is 13.8 Å². The fourth-order valence-electron chi connectivity index (χ4n) is 3.27. The summed E-state index contributed by atoms with van der Waals surface area (Å²) < 4.78 is 46.0. The van der Waals surface area contributed by atoms with Crippen LogP contribution in [0.2, 0.25) is 0 Å². The van der Waals surface area contributed by atoms with E-state index >= 15 is 0 Å². The van der Waals surface area contributed by atoms with Crippen LogP contribution in [-0.2, 0) is 28.7 Å². The lowest BCUT2D eigenvalue weighted by Gasteiger charge is -2.36. The van der Waals surface area contributed by atoms with E-state index in [4.69, 9.17) is 10.5 Å². The molecule has 0 radical (unpaired) electrons. The van der Waals surface area contributed by atoms with Gasteiger partial charge in [0.15, 0.2) is 0 Å². The number of carbonyl (C=O) groups excluding carboxylic acids is 4. The van der Waals surface area contributed by atoms with Crippen molar-refractivity contribution in [2.24, 2.45) is 5.73 Å². The van der Waals surface area contributed by atoms with Crippen LogP contribution >= 0.6 is 0 Å². The number of alkyl halides is 3. The summed E-state index contributed by atoms with van der Waals surface area (Å²) in [5, 5.41) is 4.09. The summed E-state index contributed by atoms with van der Waals surface area (Å²) in [5.41, 5.74) is 8.52. The average Bonchev–Trinajstić information content (AvgIpc) is 2.93. The topological polar surface area (TPSA) is 140 Å². The van der Waals surface area contributed by atoms with Gasteiger partial charge in [0.1, 0.15) is 0 Å². The van der Waals surface area contributed by atoms with Crippen molar-refractivity contribution in [3.63, 3.8) is 0 Å². The van der Waals surface area contributed by atoms with Crippen LogP contribution in [0.15, 0.2) is 11.8 Å².